The van der Waals surface area contributed by atoms with Gasteiger partial charge >= 0.3 is 6.36 Å². The molecule has 0 aliphatic heterocycles. The van der Waals surface area contributed by atoms with Crippen molar-refractivity contribution in [2.24, 2.45) is 0 Å². The quantitative estimate of drug-likeness (QED) is 0.609. The molecular formula is C10H12F3NO5S. The second-order valence-electron chi connectivity index (χ2n) is 3.45. The van der Waals surface area contributed by atoms with Gasteiger partial charge in [-0.15, -0.1) is 13.2 Å². The number of hydrogen-bond acceptors (Lipinski definition) is 5. The molecule has 0 aliphatic rings. The first-order valence-electron chi connectivity index (χ1n) is 5.23. The summed E-state index contributed by atoms with van der Waals surface area (Å²) in [7, 11) is -2.70. The zero-order valence-electron chi connectivity index (χ0n) is 10.3. The molecule has 0 amide bonds. The number of nitrogens with one attached hydrogen (secondary N) is 1. The molecule has 0 aromatic heterocycles. The molecular weight excluding hydrogens is 303 g/mol. The monoisotopic (exact) mass is 315 g/mol. The van der Waals surface area contributed by atoms with Crippen molar-refractivity contribution in [2.45, 2.75) is 11.3 Å². The Labute approximate surface area is 113 Å². The number of halogens is 3. The van der Waals surface area contributed by atoms with E-state index in [4.69, 9.17) is 0 Å². The summed E-state index contributed by atoms with van der Waals surface area (Å²) < 4.78 is 67.8. The molecule has 0 saturated carbocycles. The second kappa shape index (κ2) is 6.88. The van der Waals surface area contributed by atoms with Gasteiger partial charge < -0.3 is 9.47 Å². The summed E-state index contributed by atoms with van der Waals surface area (Å²) in [6.07, 6.45) is -4.90. The summed E-state index contributed by atoms with van der Waals surface area (Å²) in [5.41, 5.74) is 0. The van der Waals surface area contributed by atoms with E-state index in [1.54, 1.807) is 4.89 Å². The third-order valence-corrected chi connectivity index (χ3v) is 3.12. The van der Waals surface area contributed by atoms with Crippen molar-refractivity contribution in [1.82, 2.24) is 4.89 Å². The lowest BCUT2D eigenvalue weighted by molar-refractivity contribution is -0.274. The van der Waals surface area contributed by atoms with Gasteiger partial charge in [-0.1, -0.05) is 11.0 Å². The minimum Gasteiger partial charge on any atom is -0.406 e. The van der Waals surface area contributed by atoms with Gasteiger partial charge in [0.15, 0.2) is 0 Å². The molecule has 0 radical (unpaired) electrons. The van der Waals surface area contributed by atoms with E-state index >= 15 is 0 Å². The zero-order valence-corrected chi connectivity index (χ0v) is 11.1. The van der Waals surface area contributed by atoms with Crippen molar-refractivity contribution in [3.05, 3.63) is 24.3 Å². The van der Waals surface area contributed by atoms with E-state index in [9.17, 15) is 21.6 Å². The topological polar surface area (TPSA) is 73.9 Å². The normalized spacial score (nSPS) is 12.4. The number of hydrogen-bond donors (Lipinski definition) is 1. The Hall–Kier alpha value is -1.36. The average Bonchev–Trinajstić information content (AvgIpc) is 2.33. The molecule has 0 unspecified atom stereocenters. The van der Waals surface area contributed by atoms with Crippen LogP contribution < -0.4 is 9.62 Å². The van der Waals surface area contributed by atoms with Gasteiger partial charge in [-0.25, -0.2) is 8.42 Å². The van der Waals surface area contributed by atoms with Crippen LogP contribution in [0.15, 0.2) is 29.2 Å². The Bertz CT molecular complexity index is 532. The molecule has 0 fully saturated rings. The first-order valence-corrected chi connectivity index (χ1v) is 6.71. The minimum absolute atomic E-state index is 0.0472. The van der Waals surface area contributed by atoms with E-state index in [0.29, 0.717) is 0 Å². The molecule has 20 heavy (non-hydrogen) atoms. The molecule has 10 heteroatoms. The Kier molecular flexibility index (Phi) is 5.74. The van der Waals surface area contributed by atoms with Crippen LogP contribution in [0.5, 0.6) is 5.75 Å². The number of sulfonamides is 1. The van der Waals surface area contributed by atoms with Gasteiger partial charge in [-0.05, 0) is 12.1 Å². The third-order valence-electron chi connectivity index (χ3n) is 1.91. The Morgan fingerprint density at radius 2 is 1.95 bits per heavy atom. The third kappa shape index (κ3) is 5.74. The molecule has 0 saturated heterocycles. The first-order chi connectivity index (χ1) is 9.24. The standard InChI is InChI=1S/C10H12F3NO5S/c1-17-5-6-18-14-20(15,16)9-4-2-3-8(7-9)19-10(11,12)13/h2-4,7,14H,5-6H2,1H3. The van der Waals surface area contributed by atoms with Crippen LogP contribution in [0.25, 0.3) is 0 Å². The van der Waals surface area contributed by atoms with E-state index in [-0.39, 0.29) is 13.2 Å². The van der Waals surface area contributed by atoms with Crippen LogP contribution in [0.3, 0.4) is 0 Å². The summed E-state index contributed by atoms with van der Waals surface area (Å²) in [5.74, 6) is -0.641. The van der Waals surface area contributed by atoms with Crippen molar-refractivity contribution in [2.75, 3.05) is 20.3 Å². The van der Waals surface area contributed by atoms with E-state index in [2.05, 4.69) is 14.3 Å². The van der Waals surface area contributed by atoms with Gasteiger partial charge in [0, 0.05) is 13.2 Å². The number of rotatable bonds is 7. The Morgan fingerprint density at radius 1 is 1.25 bits per heavy atom. The lowest BCUT2D eigenvalue weighted by Gasteiger charge is -2.11. The van der Waals surface area contributed by atoms with Crippen LogP contribution >= 0.6 is 0 Å². The van der Waals surface area contributed by atoms with Crippen LogP contribution in [0, 0.1) is 0 Å². The van der Waals surface area contributed by atoms with Crippen molar-refractivity contribution in [3.63, 3.8) is 0 Å². The highest BCUT2D eigenvalue weighted by Crippen LogP contribution is 2.24. The van der Waals surface area contributed by atoms with Crippen molar-refractivity contribution >= 4 is 10.0 Å². The van der Waals surface area contributed by atoms with Gasteiger partial charge in [0.25, 0.3) is 10.0 Å². The SMILES string of the molecule is COCCONS(=O)(=O)c1cccc(OC(F)(F)F)c1. The number of ether oxygens (including phenoxy) is 2. The van der Waals surface area contributed by atoms with E-state index < -0.39 is 27.0 Å². The van der Waals surface area contributed by atoms with Crippen LogP contribution in [0.2, 0.25) is 0 Å². The molecule has 114 valence electrons. The molecule has 0 aliphatic carbocycles. The maximum atomic E-state index is 12.0. The van der Waals surface area contributed by atoms with Crippen LogP contribution in [0.1, 0.15) is 0 Å². The molecule has 1 aromatic rings. The van der Waals surface area contributed by atoms with Crippen LogP contribution in [0.4, 0.5) is 13.2 Å². The highest BCUT2D eigenvalue weighted by atomic mass is 32.2. The molecule has 1 aromatic carbocycles. The highest BCUT2D eigenvalue weighted by Gasteiger charge is 2.31. The number of alkyl halides is 3. The zero-order chi connectivity index (χ0) is 15.2. The molecule has 6 nitrogen and oxygen atoms in total. The summed E-state index contributed by atoms with van der Waals surface area (Å²) in [6, 6.07) is 3.93. The van der Waals surface area contributed by atoms with E-state index in [1.807, 2.05) is 0 Å². The van der Waals surface area contributed by atoms with E-state index in [0.717, 1.165) is 24.3 Å². The molecule has 0 bridgehead atoms. The maximum Gasteiger partial charge on any atom is 0.573 e. The largest absolute Gasteiger partial charge is 0.573 e. The molecule has 1 N–H and O–H groups in total. The Balaban J connectivity index is 2.77. The lowest BCUT2D eigenvalue weighted by Crippen LogP contribution is -2.26. The second-order valence-corrected chi connectivity index (χ2v) is 5.10. The molecule has 0 spiro atoms. The fourth-order valence-electron chi connectivity index (χ4n) is 1.13. The average molecular weight is 315 g/mol. The van der Waals surface area contributed by atoms with Gasteiger partial charge in [0.1, 0.15) is 5.75 Å². The fourth-order valence-corrected chi connectivity index (χ4v) is 1.99. The number of benzene rings is 1. The minimum atomic E-state index is -4.90. The summed E-state index contributed by atoms with van der Waals surface area (Å²) in [6.45, 7) is 0.105. The predicted molar refractivity (Wildman–Crippen MR) is 61.3 cm³/mol. The van der Waals surface area contributed by atoms with Gasteiger partial charge in [0.05, 0.1) is 18.1 Å². The molecule has 0 heterocycles. The van der Waals surface area contributed by atoms with Crippen molar-refractivity contribution < 1.29 is 35.9 Å². The molecule has 1 rings (SSSR count). The van der Waals surface area contributed by atoms with E-state index in [1.165, 1.54) is 7.11 Å². The van der Waals surface area contributed by atoms with Crippen molar-refractivity contribution in [1.29, 1.82) is 0 Å². The first kappa shape index (κ1) is 16.7. The fraction of sp³-hybridized carbons (Fsp3) is 0.400. The van der Waals surface area contributed by atoms with Crippen molar-refractivity contribution in [3.8, 4) is 5.75 Å². The lowest BCUT2D eigenvalue weighted by atomic mass is 10.3. The maximum absolute atomic E-state index is 12.0. The van der Waals surface area contributed by atoms with Crippen LogP contribution in [-0.4, -0.2) is 35.1 Å². The molecule has 0 atom stereocenters. The summed E-state index contributed by atoms with van der Waals surface area (Å²) in [5, 5.41) is 0. The smallest absolute Gasteiger partial charge is 0.406 e. The summed E-state index contributed by atoms with van der Waals surface area (Å²) in [4.78, 5) is 5.94. The highest BCUT2D eigenvalue weighted by molar-refractivity contribution is 7.89. The summed E-state index contributed by atoms with van der Waals surface area (Å²) >= 11 is 0. The van der Waals surface area contributed by atoms with Gasteiger partial charge in [-0.2, -0.15) is 0 Å². The Morgan fingerprint density at radius 3 is 2.55 bits per heavy atom. The number of methoxy groups -OCH3 is 1. The van der Waals surface area contributed by atoms with Gasteiger partial charge in [-0.3, -0.25) is 4.84 Å². The van der Waals surface area contributed by atoms with Gasteiger partial charge in [0.2, 0.25) is 0 Å². The predicted octanol–water partition coefficient (Wildman–Crippen LogP) is 1.44. The van der Waals surface area contributed by atoms with Crippen LogP contribution in [-0.2, 0) is 19.6 Å².